The number of aromatic nitrogens is 3. The van der Waals surface area contributed by atoms with Crippen LogP contribution in [0.1, 0.15) is 27.2 Å². The Morgan fingerprint density at radius 2 is 1.74 bits per heavy atom. The molecule has 0 aliphatic carbocycles. The van der Waals surface area contributed by atoms with Gasteiger partial charge in [0.1, 0.15) is 5.69 Å². The van der Waals surface area contributed by atoms with Crippen molar-refractivity contribution in [3.05, 3.63) is 83.4 Å². The summed E-state index contributed by atoms with van der Waals surface area (Å²) in [7, 11) is 1.78. The number of anilines is 1. The summed E-state index contributed by atoms with van der Waals surface area (Å²) in [6, 6.07) is 13.8. The maximum Gasteiger partial charge on any atom is 0.272 e. The number of aryl methyl sites for hydroxylation is 1. The summed E-state index contributed by atoms with van der Waals surface area (Å²) in [6.07, 6.45) is 5.89. The van der Waals surface area contributed by atoms with Crippen LogP contribution in [0.15, 0.2) is 61.1 Å². The summed E-state index contributed by atoms with van der Waals surface area (Å²) in [5.74, 6) is 0.328. The Hall–Kier alpha value is -3.28. The second-order valence-corrected chi connectivity index (χ2v) is 6.44. The van der Waals surface area contributed by atoms with Gasteiger partial charge in [-0.05, 0) is 42.7 Å². The highest BCUT2D eigenvalue weighted by molar-refractivity contribution is 5.92. The first-order valence-corrected chi connectivity index (χ1v) is 8.88. The Labute approximate surface area is 159 Å². The number of nitrogens with one attached hydrogen (secondary N) is 1. The Bertz CT molecular complexity index is 881. The molecule has 0 aliphatic rings. The first-order valence-electron chi connectivity index (χ1n) is 8.88. The Balaban J connectivity index is 1.58. The lowest BCUT2D eigenvalue weighted by atomic mass is 10.1. The quantitative estimate of drug-likeness (QED) is 0.700. The molecule has 0 fully saturated rings. The molecular formula is C21H23N5O. The van der Waals surface area contributed by atoms with E-state index >= 15 is 0 Å². The summed E-state index contributed by atoms with van der Waals surface area (Å²) >= 11 is 0. The lowest BCUT2D eigenvalue weighted by Gasteiger charge is -2.17. The smallest absolute Gasteiger partial charge is 0.272 e. The van der Waals surface area contributed by atoms with Crippen LogP contribution in [0.3, 0.4) is 0 Å². The van der Waals surface area contributed by atoms with E-state index in [4.69, 9.17) is 0 Å². The molecule has 6 heteroatoms. The van der Waals surface area contributed by atoms with E-state index in [1.165, 1.54) is 5.56 Å². The van der Waals surface area contributed by atoms with Gasteiger partial charge in [-0.2, -0.15) is 0 Å². The fourth-order valence-corrected chi connectivity index (χ4v) is 2.59. The molecule has 0 bridgehead atoms. The summed E-state index contributed by atoms with van der Waals surface area (Å²) in [4.78, 5) is 26.9. The molecule has 0 spiro atoms. The van der Waals surface area contributed by atoms with Gasteiger partial charge in [-0.25, -0.2) is 9.97 Å². The average molecular weight is 361 g/mol. The molecule has 2 heterocycles. The molecule has 27 heavy (non-hydrogen) atoms. The van der Waals surface area contributed by atoms with Crippen molar-refractivity contribution < 1.29 is 4.79 Å². The second-order valence-electron chi connectivity index (χ2n) is 6.44. The zero-order chi connectivity index (χ0) is 19.1. The third-order valence-electron chi connectivity index (χ3n) is 4.28. The van der Waals surface area contributed by atoms with Gasteiger partial charge in [-0.15, -0.1) is 0 Å². The second kappa shape index (κ2) is 8.89. The lowest BCUT2D eigenvalue weighted by molar-refractivity contribution is 0.0791. The van der Waals surface area contributed by atoms with E-state index in [0.717, 1.165) is 17.5 Å². The molecule has 0 atom stereocenters. The van der Waals surface area contributed by atoms with Gasteiger partial charge in [0.25, 0.3) is 5.91 Å². The van der Waals surface area contributed by atoms with E-state index in [9.17, 15) is 4.79 Å². The molecule has 3 aromatic rings. The SMILES string of the molecule is Cc1ccc(CNc2nccc(C(=O)N(C)CCc3ccncc3)n2)cc1. The van der Waals surface area contributed by atoms with Crippen molar-refractivity contribution in [3.8, 4) is 0 Å². The van der Waals surface area contributed by atoms with Crippen molar-refractivity contribution in [2.24, 2.45) is 0 Å². The topological polar surface area (TPSA) is 71.0 Å². The predicted octanol–water partition coefficient (Wildman–Crippen LogP) is 3.11. The average Bonchev–Trinajstić information content (AvgIpc) is 2.72. The van der Waals surface area contributed by atoms with Crippen LogP contribution < -0.4 is 5.32 Å². The summed E-state index contributed by atoms with van der Waals surface area (Å²) in [6.45, 7) is 3.27. The van der Waals surface area contributed by atoms with Crippen LogP contribution in [0.25, 0.3) is 0 Å². The minimum Gasteiger partial charge on any atom is -0.350 e. The number of carbonyl (C=O) groups excluding carboxylic acids is 1. The van der Waals surface area contributed by atoms with Crippen LogP contribution in [0, 0.1) is 6.92 Å². The molecule has 1 N–H and O–H groups in total. The van der Waals surface area contributed by atoms with Crippen molar-refractivity contribution in [3.63, 3.8) is 0 Å². The van der Waals surface area contributed by atoms with Gasteiger partial charge in [0.05, 0.1) is 0 Å². The highest BCUT2D eigenvalue weighted by atomic mass is 16.2. The molecule has 0 saturated heterocycles. The first-order chi connectivity index (χ1) is 13.1. The number of rotatable bonds is 7. The molecule has 1 amide bonds. The van der Waals surface area contributed by atoms with Gasteiger partial charge in [-0.3, -0.25) is 9.78 Å². The number of nitrogens with zero attached hydrogens (tertiary/aromatic N) is 4. The number of pyridine rings is 1. The van der Waals surface area contributed by atoms with E-state index in [2.05, 4.69) is 51.5 Å². The lowest BCUT2D eigenvalue weighted by Crippen LogP contribution is -2.29. The third kappa shape index (κ3) is 5.34. The molecule has 3 rings (SSSR count). The molecule has 0 aliphatic heterocycles. The van der Waals surface area contributed by atoms with E-state index in [-0.39, 0.29) is 5.91 Å². The predicted molar refractivity (Wildman–Crippen MR) is 105 cm³/mol. The van der Waals surface area contributed by atoms with Crippen LogP contribution in [0.2, 0.25) is 0 Å². The molecule has 0 unspecified atom stereocenters. The van der Waals surface area contributed by atoms with Crippen molar-refractivity contribution in [1.29, 1.82) is 0 Å². The highest BCUT2D eigenvalue weighted by Gasteiger charge is 2.14. The summed E-state index contributed by atoms with van der Waals surface area (Å²) in [5.41, 5.74) is 3.88. The van der Waals surface area contributed by atoms with Gasteiger partial charge < -0.3 is 10.2 Å². The molecular weight excluding hydrogens is 338 g/mol. The van der Waals surface area contributed by atoms with Crippen molar-refractivity contribution >= 4 is 11.9 Å². The minimum absolute atomic E-state index is 0.121. The molecule has 6 nitrogen and oxygen atoms in total. The zero-order valence-electron chi connectivity index (χ0n) is 15.6. The van der Waals surface area contributed by atoms with Crippen LogP contribution in [0.4, 0.5) is 5.95 Å². The number of hydrogen-bond donors (Lipinski definition) is 1. The normalized spacial score (nSPS) is 10.4. The first kappa shape index (κ1) is 18.5. The molecule has 1 aromatic carbocycles. The molecule has 0 saturated carbocycles. The Morgan fingerprint density at radius 3 is 2.48 bits per heavy atom. The van der Waals surface area contributed by atoms with Crippen LogP contribution >= 0.6 is 0 Å². The van der Waals surface area contributed by atoms with E-state index in [0.29, 0.717) is 24.7 Å². The number of carbonyl (C=O) groups is 1. The number of amides is 1. The molecule has 138 valence electrons. The number of benzene rings is 1. The standard InChI is InChI=1S/C21H23N5O/c1-16-3-5-18(6-4-16)15-24-21-23-13-9-19(25-21)20(27)26(2)14-10-17-7-11-22-12-8-17/h3-9,11-13H,10,14-15H2,1-2H3,(H,23,24,25). The fourth-order valence-electron chi connectivity index (χ4n) is 2.59. The van der Waals surface area contributed by atoms with Crippen LogP contribution in [0.5, 0.6) is 0 Å². The third-order valence-corrected chi connectivity index (χ3v) is 4.28. The van der Waals surface area contributed by atoms with Crippen LogP contribution in [-0.2, 0) is 13.0 Å². The monoisotopic (exact) mass is 361 g/mol. The fraction of sp³-hybridized carbons (Fsp3) is 0.238. The minimum atomic E-state index is -0.121. The van der Waals surface area contributed by atoms with Gasteiger partial charge in [0, 0.05) is 38.7 Å². The van der Waals surface area contributed by atoms with E-state index in [1.54, 1.807) is 36.6 Å². The largest absolute Gasteiger partial charge is 0.350 e. The van der Waals surface area contributed by atoms with Crippen molar-refractivity contribution in [2.45, 2.75) is 19.9 Å². The zero-order valence-corrected chi connectivity index (χ0v) is 15.6. The van der Waals surface area contributed by atoms with Gasteiger partial charge in [-0.1, -0.05) is 29.8 Å². The van der Waals surface area contributed by atoms with Gasteiger partial charge in [0.15, 0.2) is 0 Å². The summed E-state index contributed by atoms with van der Waals surface area (Å²) < 4.78 is 0. The molecule has 0 radical (unpaired) electrons. The maximum atomic E-state index is 12.6. The van der Waals surface area contributed by atoms with Crippen molar-refractivity contribution in [2.75, 3.05) is 18.9 Å². The highest BCUT2D eigenvalue weighted by Crippen LogP contribution is 2.08. The van der Waals surface area contributed by atoms with Crippen molar-refractivity contribution in [1.82, 2.24) is 19.9 Å². The number of likely N-dealkylation sites (N-methyl/N-ethyl adjacent to an activating group) is 1. The Morgan fingerprint density at radius 1 is 1.00 bits per heavy atom. The van der Waals surface area contributed by atoms with Gasteiger partial charge >= 0.3 is 0 Å². The maximum absolute atomic E-state index is 12.6. The van der Waals surface area contributed by atoms with E-state index in [1.807, 2.05) is 12.1 Å². The van der Waals surface area contributed by atoms with Crippen LogP contribution in [-0.4, -0.2) is 39.4 Å². The number of hydrogen-bond acceptors (Lipinski definition) is 5. The Kier molecular flexibility index (Phi) is 6.10. The summed E-state index contributed by atoms with van der Waals surface area (Å²) in [5, 5.41) is 3.17. The molecule has 2 aromatic heterocycles. The van der Waals surface area contributed by atoms with Gasteiger partial charge in [0.2, 0.25) is 5.95 Å². The van der Waals surface area contributed by atoms with E-state index < -0.39 is 0 Å².